The molecule has 0 bridgehead atoms. The molecule has 0 saturated carbocycles. The van der Waals surface area contributed by atoms with E-state index in [0.29, 0.717) is 48.6 Å². The highest BCUT2D eigenvalue weighted by atomic mass is 16.5. The third kappa shape index (κ3) is 4.78. The van der Waals surface area contributed by atoms with Crippen LogP contribution < -0.4 is 5.32 Å². The zero-order chi connectivity index (χ0) is 20.8. The number of carbonyl (C=O) groups is 4. The maximum atomic E-state index is 12.6. The van der Waals surface area contributed by atoms with Crippen LogP contribution in [0, 0.1) is 0 Å². The van der Waals surface area contributed by atoms with Crippen molar-refractivity contribution >= 4 is 29.9 Å². The van der Waals surface area contributed by atoms with Crippen molar-refractivity contribution in [2.75, 3.05) is 38.6 Å². The van der Waals surface area contributed by atoms with Crippen LogP contribution in [0.1, 0.15) is 31.1 Å². The zero-order valence-electron chi connectivity index (χ0n) is 16.0. The first kappa shape index (κ1) is 20.1. The molecular formula is C21H21N3O5. The highest BCUT2D eigenvalue weighted by Crippen LogP contribution is 2.15. The molecule has 1 aliphatic rings. The Hall–Kier alpha value is -3.68. The largest absolute Gasteiger partial charge is 0.465 e. The Kier molecular flexibility index (Phi) is 6.23. The molecule has 0 atom stereocenters. The molecule has 0 aromatic heterocycles. The van der Waals surface area contributed by atoms with E-state index < -0.39 is 5.97 Å². The summed E-state index contributed by atoms with van der Waals surface area (Å²) in [5, 5.41) is 2.72. The van der Waals surface area contributed by atoms with Crippen molar-refractivity contribution < 1.29 is 23.9 Å². The average molecular weight is 395 g/mol. The van der Waals surface area contributed by atoms with E-state index >= 15 is 0 Å². The van der Waals surface area contributed by atoms with Gasteiger partial charge >= 0.3 is 5.97 Å². The molecule has 0 unspecified atom stereocenters. The van der Waals surface area contributed by atoms with Crippen LogP contribution in [-0.4, -0.2) is 67.3 Å². The molecule has 2 aromatic carbocycles. The predicted molar refractivity (Wildman–Crippen MR) is 106 cm³/mol. The number of benzene rings is 2. The third-order valence-corrected chi connectivity index (χ3v) is 4.69. The van der Waals surface area contributed by atoms with E-state index in [9.17, 15) is 19.2 Å². The topological polar surface area (TPSA) is 96.0 Å². The monoisotopic (exact) mass is 395 g/mol. The number of esters is 1. The third-order valence-electron chi connectivity index (χ3n) is 4.69. The Morgan fingerprint density at radius 2 is 1.59 bits per heavy atom. The van der Waals surface area contributed by atoms with Gasteiger partial charge in [-0.2, -0.15) is 0 Å². The standard InChI is InChI=1S/C21H21N3O5/c1-29-21(28)17-3-2-4-18(13-17)22-19(26)15-5-7-16(8-6-15)20(27)24-11-9-23(14-25)10-12-24/h2-8,13-14H,9-12H2,1H3,(H,22,26). The number of ether oxygens (including phenoxy) is 1. The smallest absolute Gasteiger partial charge is 0.337 e. The molecule has 2 aromatic rings. The lowest BCUT2D eigenvalue weighted by molar-refractivity contribution is -0.119. The van der Waals surface area contributed by atoms with Gasteiger partial charge in [0, 0.05) is 43.0 Å². The number of nitrogens with zero attached hydrogens (tertiary/aromatic N) is 2. The fraction of sp³-hybridized carbons (Fsp3) is 0.238. The van der Waals surface area contributed by atoms with E-state index in [4.69, 9.17) is 0 Å². The molecule has 1 N–H and O–H groups in total. The molecule has 1 fully saturated rings. The molecule has 0 aliphatic carbocycles. The molecule has 150 valence electrons. The Morgan fingerprint density at radius 1 is 0.931 bits per heavy atom. The van der Waals surface area contributed by atoms with Gasteiger partial charge in [0.15, 0.2) is 0 Å². The summed E-state index contributed by atoms with van der Waals surface area (Å²) >= 11 is 0. The quantitative estimate of drug-likeness (QED) is 0.613. The van der Waals surface area contributed by atoms with Crippen LogP contribution in [0.3, 0.4) is 0 Å². The number of amides is 3. The maximum Gasteiger partial charge on any atom is 0.337 e. The van der Waals surface area contributed by atoms with Gasteiger partial charge in [-0.3, -0.25) is 14.4 Å². The van der Waals surface area contributed by atoms with E-state index in [1.165, 1.54) is 13.2 Å². The summed E-state index contributed by atoms with van der Waals surface area (Å²) in [5.41, 5.74) is 1.66. The number of piperazine rings is 1. The minimum Gasteiger partial charge on any atom is -0.465 e. The highest BCUT2D eigenvalue weighted by molar-refractivity contribution is 6.05. The number of hydrogen-bond acceptors (Lipinski definition) is 5. The summed E-state index contributed by atoms with van der Waals surface area (Å²) < 4.78 is 4.67. The summed E-state index contributed by atoms with van der Waals surface area (Å²) in [5.74, 6) is -0.975. The molecule has 1 saturated heterocycles. The lowest BCUT2D eigenvalue weighted by atomic mass is 10.1. The summed E-state index contributed by atoms with van der Waals surface area (Å²) in [6.45, 7) is 1.99. The number of methoxy groups -OCH3 is 1. The zero-order valence-corrected chi connectivity index (χ0v) is 16.0. The SMILES string of the molecule is COC(=O)c1cccc(NC(=O)c2ccc(C(=O)N3CCN(C=O)CC3)cc2)c1. The Morgan fingerprint density at radius 3 is 2.21 bits per heavy atom. The van der Waals surface area contributed by atoms with Gasteiger partial charge in [-0.05, 0) is 42.5 Å². The first-order chi connectivity index (χ1) is 14.0. The van der Waals surface area contributed by atoms with Crippen LogP contribution in [0.4, 0.5) is 5.69 Å². The molecule has 8 heteroatoms. The van der Waals surface area contributed by atoms with Gasteiger partial charge in [0.2, 0.25) is 6.41 Å². The second kappa shape index (κ2) is 9.01. The van der Waals surface area contributed by atoms with Crippen molar-refractivity contribution in [2.45, 2.75) is 0 Å². The molecule has 1 aliphatic heterocycles. The molecule has 3 amide bonds. The minimum atomic E-state index is -0.488. The first-order valence-electron chi connectivity index (χ1n) is 9.10. The molecule has 1 heterocycles. The van der Waals surface area contributed by atoms with Gasteiger partial charge in [-0.25, -0.2) is 4.79 Å². The number of nitrogens with one attached hydrogen (secondary N) is 1. The van der Waals surface area contributed by atoms with Gasteiger partial charge < -0.3 is 19.9 Å². The van der Waals surface area contributed by atoms with Gasteiger partial charge in [0.25, 0.3) is 11.8 Å². The second-order valence-electron chi connectivity index (χ2n) is 6.54. The van der Waals surface area contributed by atoms with Gasteiger partial charge in [0.1, 0.15) is 0 Å². The summed E-state index contributed by atoms with van der Waals surface area (Å²) in [4.78, 5) is 50.7. The normalized spacial score (nSPS) is 13.6. The maximum absolute atomic E-state index is 12.6. The number of hydrogen-bond donors (Lipinski definition) is 1. The molecule has 8 nitrogen and oxygen atoms in total. The van der Waals surface area contributed by atoms with E-state index in [-0.39, 0.29) is 11.8 Å². The molecule has 29 heavy (non-hydrogen) atoms. The predicted octanol–water partition coefficient (Wildman–Crippen LogP) is 1.64. The minimum absolute atomic E-state index is 0.131. The molecular weight excluding hydrogens is 374 g/mol. The van der Waals surface area contributed by atoms with Crippen LogP contribution in [0.2, 0.25) is 0 Å². The van der Waals surface area contributed by atoms with Gasteiger partial charge in [0.05, 0.1) is 12.7 Å². The summed E-state index contributed by atoms with van der Waals surface area (Å²) in [6.07, 6.45) is 0.788. The van der Waals surface area contributed by atoms with E-state index in [2.05, 4.69) is 10.1 Å². The first-order valence-corrected chi connectivity index (χ1v) is 9.10. The fourth-order valence-electron chi connectivity index (χ4n) is 3.02. The number of anilines is 1. The van der Waals surface area contributed by atoms with Crippen LogP contribution in [0.15, 0.2) is 48.5 Å². The highest BCUT2D eigenvalue weighted by Gasteiger charge is 2.21. The van der Waals surface area contributed by atoms with Crippen molar-refractivity contribution in [3.63, 3.8) is 0 Å². The van der Waals surface area contributed by atoms with Crippen LogP contribution in [-0.2, 0) is 9.53 Å². The molecule has 3 rings (SSSR count). The Labute approximate surface area is 168 Å². The van der Waals surface area contributed by atoms with E-state index in [1.807, 2.05) is 0 Å². The van der Waals surface area contributed by atoms with Crippen LogP contribution >= 0.6 is 0 Å². The lowest BCUT2D eigenvalue weighted by Crippen LogP contribution is -2.48. The lowest BCUT2D eigenvalue weighted by Gasteiger charge is -2.32. The Balaban J connectivity index is 1.64. The van der Waals surface area contributed by atoms with Crippen molar-refractivity contribution in [3.8, 4) is 0 Å². The van der Waals surface area contributed by atoms with E-state index in [0.717, 1.165) is 6.41 Å². The second-order valence-corrected chi connectivity index (χ2v) is 6.54. The van der Waals surface area contributed by atoms with Crippen molar-refractivity contribution in [3.05, 3.63) is 65.2 Å². The average Bonchev–Trinajstić information content (AvgIpc) is 2.78. The number of rotatable bonds is 5. The van der Waals surface area contributed by atoms with Crippen molar-refractivity contribution in [1.82, 2.24) is 9.80 Å². The number of carbonyl (C=O) groups excluding carboxylic acids is 4. The summed E-state index contributed by atoms with van der Waals surface area (Å²) in [7, 11) is 1.29. The fourth-order valence-corrected chi connectivity index (χ4v) is 3.02. The van der Waals surface area contributed by atoms with Crippen LogP contribution in [0.25, 0.3) is 0 Å². The molecule has 0 spiro atoms. The van der Waals surface area contributed by atoms with Crippen LogP contribution in [0.5, 0.6) is 0 Å². The van der Waals surface area contributed by atoms with Crippen molar-refractivity contribution in [2.24, 2.45) is 0 Å². The Bertz CT molecular complexity index is 918. The summed E-state index contributed by atoms with van der Waals surface area (Å²) in [6, 6.07) is 12.8. The molecule has 0 radical (unpaired) electrons. The van der Waals surface area contributed by atoms with Gasteiger partial charge in [-0.1, -0.05) is 6.07 Å². The van der Waals surface area contributed by atoms with E-state index in [1.54, 1.807) is 52.3 Å². The van der Waals surface area contributed by atoms with Gasteiger partial charge in [-0.15, -0.1) is 0 Å². The van der Waals surface area contributed by atoms with Crippen molar-refractivity contribution in [1.29, 1.82) is 0 Å².